The largest absolute Gasteiger partial charge is 0.357 e. The predicted molar refractivity (Wildman–Crippen MR) is 50.4 cm³/mol. The lowest BCUT2D eigenvalue weighted by molar-refractivity contribution is -0.271. The number of hydrogen-bond donors (Lipinski definition) is 2. The van der Waals surface area contributed by atoms with Crippen LogP contribution < -0.4 is 5.32 Å². The third-order valence-electron chi connectivity index (χ3n) is 1.42. The molecule has 0 rings (SSSR count). The van der Waals surface area contributed by atoms with Crippen molar-refractivity contribution < 1.29 is 31.8 Å². The van der Waals surface area contributed by atoms with Crippen molar-refractivity contribution in [1.82, 2.24) is 5.32 Å². The third-order valence-corrected chi connectivity index (χ3v) is 2.34. The van der Waals surface area contributed by atoms with Gasteiger partial charge in [0.2, 0.25) is 0 Å². The van der Waals surface area contributed by atoms with Gasteiger partial charge in [0.1, 0.15) is 12.3 Å². The van der Waals surface area contributed by atoms with E-state index in [0.29, 0.717) is 6.26 Å². The Hall–Kier alpha value is -1.31. The quantitative estimate of drug-likeness (QED) is 0.453. The van der Waals surface area contributed by atoms with Gasteiger partial charge in [0.25, 0.3) is 11.7 Å². The first-order chi connectivity index (χ1) is 7.60. The van der Waals surface area contributed by atoms with Gasteiger partial charge in [-0.3, -0.25) is 9.53 Å². The molecular formula is C7H10F2N2O5S. The molecule has 0 saturated heterocycles. The molecule has 0 saturated carbocycles. The van der Waals surface area contributed by atoms with Gasteiger partial charge < -0.3 is 10.4 Å². The molecule has 0 aromatic carbocycles. The van der Waals surface area contributed by atoms with Crippen molar-refractivity contribution in [2.24, 2.45) is 0 Å². The van der Waals surface area contributed by atoms with E-state index in [1.54, 1.807) is 5.32 Å². The number of sulfone groups is 1. The summed E-state index contributed by atoms with van der Waals surface area (Å²) in [5.74, 6) is -6.09. The van der Waals surface area contributed by atoms with E-state index >= 15 is 0 Å². The van der Waals surface area contributed by atoms with E-state index in [-0.39, 0.29) is 0 Å². The van der Waals surface area contributed by atoms with Crippen molar-refractivity contribution in [2.45, 2.75) is 12.4 Å². The van der Waals surface area contributed by atoms with Crippen molar-refractivity contribution in [3.05, 3.63) is 0 Å². The monoisotopic (exact) mass is 272 g/mol. The Morgan fingerprint density at radius 3 is 2.53 bits per heavy atom. The molecule has 0 aliphatic carbocycles. The lowest BCUT2D eigenvalue weighted by Crippen LogP contribution is -2.54. The molecule has 1 atom stereocenters. The second-order valence-corrected chi connectivity index (χ2v) is 5.21. The number of nitriles is 1. The van der Waals surface area contributed by atoms with Gasteiger partial charge in [-0.15, -0.1) is 0 Å². The zero-order chi connectivity index (χ0) is 13.7. The molecule has 7 nitrogen and oxygen atoms in total. The van der Waals surface area contributed by atoms with E-state index in [1.165, 1.54) is 6.07 Å². The molecule has 2 N–H and O–H groups in total. The number of nitrogens with zero attached hydrogens (tertiary/aromatic N) is 1. The summed E-state index contributed by atoms with van der Waals surface area (Å²) in [6, 6.07) is 1.45. The minimum absolute atomic E-state index is 0.586. The number of halogens is 2. The maximum Gasteiger partial charge on any atom is 0.348 e. The summed E-state index contributed by atoms with van der Waals surface area (Å²) < 4.78 is 49.3. The van der Waals surface area contributed by atoms with Crippen LogP contribution in [0.3, 0.4) is 0 Å². The van der Waals surface area contributed by atoms with Crippen LogP contribution in [0.4, 0.5) is 8.78 Å². The molecule has 98 valence electrons. The summed E-state index contributed by atoms with van der Waals surface area (Å²) >= 11 is 0. The highest BCUT2D eigenvalue weighted by Crippen LogP contribution is 2.15. The number of hydrogen-bond acceptors (Lipinski definition) is 6. The molecule has 0 aliphatic heterocycles. The topological polar surface area (TPSA) is 116 Å². The molecule has 17 heavy (non-hydrogen) atoms. The van der Waals surface area contributed by atoms with Crippen LogP contribution in [0, 0.1) is 11.3 Å². The van der Waals surface area contributed by atoms with E-state index in [4.69, 9.17) is 5.26 Å². The van der Waals surface area contributed by atoms with Gasteiger partial charge in [0.05, 0.1) is 6.07 Å². The molecule has 1 amide bonds. The second-order valence-electron chi connectivity index (χ2n) is 3.07. The number of carbonyl (C=O) groups excluding carboxylic acids is 1. The highest BCUT2D eigenvalue weighted by molar-refractivity contribution is 7.90. The molecule has 0 aliphatic rings. The number of nitrogens with one attached hydrogen (secondary N) is 1. The van der Waals surface area contributed by atoms with Crippen LogP contribution in [-0.4, -0.2) is 50.4 Å². The number of alkyl halides is 2. The Morgan fingerprint density at radius 1 is 1.65 bits per heavy atom. The van der Waals surface area contributed by atoms with Crippen LogP contribution in [0.1, 0.15) is 0 Å². The van der Waals surface area contributed by atoms with Gasteiger partial charge in [0, 0.05) is 6.26 Å². The summed E-state index contributed by atoms with van der Waals surface area (Å²) in [4.78, 5) is 11.2. The summed E-state index contributed by atoms with van der Waals surface area (Å²) in [7, 11) is -3.95. The standard InChI is InChI=1S/C7H10F2N2O5S/c1-17(14,15)4-7(13,16-6(8)9)5(12)11-3-2-10/h6,13H,3-4H2,1H3,(H,11,12). The zero-order valence-electron chi connectivity index (χ0n) is 8.68. The minimum Gasteiger partial charge on any atom is -0.357 e. The smallest absolute Gasteiger partial charge is 0.348 e. The van der Waals surface area contributed by atoms with Crippen LogP contribution in [-0.2, 0) is 19.4 Å². The lowest BCUT2D eigenvalue weighted by Gasteiger charge is -2.24. The molecule has 0 bridgehead atoms. The maximum atomic E-state index is 12.0. The van der Waals surface area contributed by atoms with Crippen LogP contribution in [0.5, 0.6) is 0 Å². The molecule has 0 heterocycles. The number of amides is 1. The highest BCUT2D eigenvalue weighted by atomic mass is 32.2. The molecule has 1 unspecified atom stereocenters. The van der Waals surface area contributed by atoms with Gasteiger partial charge in [-0.25, -0.2) is 8.42 Å². The van der Waals surface area contributed by atoms with E-state index in [9.17, 15) is 27.1 Å². The first kappa shape index (κ1) is 15.7. The second kappa shape index (κ2) is 5.85. The summed E-state index contributed by atoms with van der Waals surface area (Å²) in [5, 5.41) is 19.3. The average Bonchev–Trinajstić information content (AvgIpc) is 2.09. The van der Waals surface area contributed by atoms with Gasteiger partial charge in [0.15, 0.2) is 9.84 Å². The Morgan fingerprint density at radius 2 is 2.18 bits per heavy atom. The maximum absolute atomic E-state index is 12.0. The third kappa shape index (κ3) is 6.10. The number of aliphatic hydroxyl groups is 1. The summed E-state index contributed by atoms with van der Waals surface area (Å²) in [6.45, 7) is -4.13. The molecule has 0 spiro atoms. The fourth-order valence-electron chi connectivity index (χ4n) is 0.914. The SMILES string of the molecule is CS(=O)(=O)CC(O)(OC(F)F)C(=O)NCC#N. The number of ether oxygens (including phenoxy) is 1. The fourth-order valence-corrected chi connectivity index (χ4v) is 1.82. The molecule has 0 radical (unpaired) electrons. The summed E-state index contributed by atoms with van der Waals surface area (Å²) in [6.07, 6.45) is 0.629. The van der Waals surface area contributed by atoms with Crippen molar-refractivity contribution >= 4 is 15.7 Å². The van der Waals surface area contributed by atoms with E-state index in [0.717, 1.165) is 0 Å². The molecule has 0 aromatic heterocycles. The van der Waals surface area contributed by atoms with Gasteiger partial charge >= 0.3 is 6.61 Å². The van der Waals surface area contributed by atoms with E-state index < -0.39 is 40.4 Å². The molecular weight excluding hydrogens is 262 g/mol. The van der Waals surface area contributed by atoms with Crippen molar-refractivity contribution in [2.75, 3.05) is 18.6 Å². The van der Waals surface area contributed by atoms with Gasteiger partial charge in [-0.2, -0.15) is 14.0 Å². The summed E-state index contributed by atoms with van der Waals surface area (Å²) in [5.41, 5.74) is 0. The predicted octanol–water partition coefficient (Wildman–Crippen LogP) is -1.40. The number of carbonyl (C=O) groups is 1. The lowest BCUT2D eigenvalue weighted by atomic mass is 10.3. The van der Waals surface area contributed by atoms with Gasteiger partial charge in [-0.1, -0.05) is 0 Å². The Kier molecular flexibility index (Phi) is 5.40. The van der Waals surface area contributed by atoms with Crippen LogP contribution in [0.2, 0.25) is 0 Å². The molecule has 0 aromatic rings. The molecule has 10 heteroatoms. The molecule has 0 fully saturated rings. The van der Waals surface area contributed by atoms with Crippen molar-refractivity contribution in [3.8, 4) is 6.07 Å². The Bertz CT molecular complexity index is 418. The van der Waals surface area contributed by atoms with E-state index in [1.807, 2.05) is 0 Å². The Labute approximate surface area is 95.9 Å². The number of rotatable bonds is 6. The van der Waals surface area contributed by atoms with Crippen molar-refractivity contribution in [3.63, 3.8) is 0 Å². The zero-order valence-corrected chi connectivity index (χ0v) is 9.50. The minimum atomic E-state index is -3.95. The van der Waals surface area contributed by atoms with E-state index in [2.05, 4.69) is 4.74 Å². The normalized spacial score (nSPS) is 15.1. The average molecular weight is 272 g/mol. The van der Waals surface area contributed by atoms with Crippen LogP contribution >= 0.6 is 0 Å². The van der Waals surface area contributed by atoms with Crippen molar-refractivity contribution in [1.29, 1.82) is 5.26 Å². The van der Waals surface area contributed by atoms with Crippen LogP contribution in [0.15, 0.2) is 0 Å². The first-order valence-electron chi connectivity index (χ1n) is 4.12. The van der Waals surface area contributed by atoms with Gasteiger partial charge in [-0.05, 0) is 0 Å². The fraction of sp³-hybridized carbons (Fsp3) is 0.714. The highest BCUT2D eigenvalue weighted by Gasteiger charge is 2.43. The first-order valence-corrected chi connectivity index (χ1v) is 6.18. The Balaban J connectivity index is 4.97. The van der Waals surface area contributed by atoms with Crippen LogP contribution in [0.25, 0.3) is 0 Å².